The van der Waals surface area contributed by atoms with Gasteiger partial charge < -0.3 is 4.42 Å². The molecule has 0 unspecified atom stereocenters. The van der Waals surface area contributed by atoms with Gasteiger partial charge in [0.2, 0.25) is 31.8 Å². The normalized spacial score (nSPS) is 20.5. The Bertz CT molecular complexity index is 1460. The lowest BCUT2D eigenvalue weighted by molar-refractivity contribution is 0.246. The molecule has 0 amide bonds. The van der Waals surface area contributed by atoms with Crippen LogP contribution in [0.25, 0.3) is 11.5 Å². The molecule has 2 saturated heterocycles. The van der Waals surface area contributed by atoms with E-state index in [0.717, 1.165) is 36.8 Å². The second-order valence-electron chi connectivity index (χ2n) is 10.1. The van der Waals surface area contributed by atoms with Gasteiger partial charge in [0.1, 0.15) is 0 Å². The molecular weight excluding hydrogens is 524 g/mol. The lowest BCUT2D eigenvalue weighted by atomic mass is 9.98. The van der Waals surface area contributed by atoms with Gasteiger partial charge in [-0.1, -0.05) is 31.0 Å². The molecule has 0 bridgehead atoms. The van der Waals surface area contributed by atoms with Gasteiger partial charge in [-0.05, 0) is 75.4 Å². The summed E-state index contributed by atoms with van der Waals surface area (Å²) in [6.45, 7) is 5.15. The lowest BCUT2D eigenvalue weighted by Gasteiger charge is -2.34. The molecule has 9 nitrogen and oxygen atoms in total. The number of hydrogen-bond acceptors (Lipinski definition) is 7. The number of hydrogen-bond donors (Lipinski definition) is 0. The van der Waals surface area contributed by atoms with Crippen molar-refractivity contribution in [2.24, 2.45) is 0 Å². The van der Waals surface area contributed by atoms with Crippen molar-refractivity contribution in [3.63, 3.8) is 0 Å². The summed E-state index contributed by atoms with van der Waals surface area (Å²) in [5, 5.41) is 8.40. The first kappa shape index (κ1) is 27.0. The number of piperidine rings is 2. The van der Waals surface area contributed by atoms with E-state index in [2.05, 4.69) is 10.2 Å². The third-order valence-electron chi connectivity index (χ3n) is 7.65. The highest BCUT2D eigenvalue weighted by molar-refractivity contribution is 7.89. The van der Waals surface area contributed by atoms with Crippen LogP contribution in [-0.2, 0) is 20.0 Å². The maximum absolute atomic E-state index is 13.3. The molecule has 0 aliphatic carbocycles. The standard InChI is InChI=1S/C27H34N4O5S2/c1-3-23-6-4-5-17-31(23)38(34,35)25-13-11-24(12-14-25)37(32,33)30-18-15-22(16-19-30)27-29-28-26(36-27)21-9-7-20(2)8-10-21/h7-14,22-23H,3-6,15-19H2,1-2H3/t23-/m1/s1. The van der Waals surface area contributed by atoms with Crippen LogP contribution >= 0.6 is 0 Å². The molecule has 38 heavy (non-hydrogen) atoms. The van der Waals surface area contributed by atoms with Gasteiger partial charge in [-0.2, -0.15) is 8.61 Å². The third-order valence-corrected chi connectivity index (χ3v) is 11.5. The van der Waals surface area contributed by atoms with Crippen molar-refractivity contribution in [2.45, 2.75) is 74.1 Å². The molecule has 5 rings (SSSR count). The first-order valence-electron chi connectivity index (χ1n) is 13.2. The fourth-order valence-corrected chi connectivity index (χ4v) is 8.56. The Morgan fingerprint density at radius 3 is 2.08 bits per heavy atom. The highest BCUT2D eigenvalue weighted by atomic mass is 32.2. The first-order chi connectivity index (χ1) is 18.2. The van der Waals surface area contributed by atoms with E-state index < -0.39 is 20.0 Å². The number of rotatable bonds is 7. The van der Waals surface area contributed by atoms with Crippen molar-refractivity contribution in [2.75, 3.05) is 19.6 Å². The van der Waals surface area contributed by atoms with Crippen molar-refractivity contribution in [3.8, 4) is 11.5 Å². The highest BCUT2D eigenvalue weighted by Crippen LogP contribution is 2.32. The van der Waals surface area contributed by atoms with Gasteiger partial charge in [-0.3, -0.25) is 0 Å². The van der Waals surface area contributed by atoms with Crippen LogP contribution in [0.15, 0.2) is 62.7 Å². The monoisotopic (exact) mass is 558 g/mol. The van der Waals surface area contributed by atoms with Gasteiger partial charge in [0.15, 0.2) is 0 Å². The number of aromatic nitrogens is 2. The summed E-state index contributed by atoms with van der Waals surface area (Å²) in [7, 11) is -7.42. The van der Waals surface area contributed by atoms with E-state index in [9.17, 15) is 16.8 Å². The zero-order valence-electron chi connectivity index (χ0n) is 21.8. The summed E-state index contributed by atoms with van der Waals surface area (Å²) in [4.78, 5) is 0.233. The van der Waals surface area contributed by atoms with Crippen LogP contribution in [-0.4, -0.2) is 61.3 Å². The Balaban J connectivity index is 1.25. The Kier molecular flexibility index (Phi) is 7.72. The molecule has 1 aromatic heterocycles. The van der Waals surface area contributed by atoms with Gasteiger partial charge >= 0.3 is 0 Å². The fraction of sp³-hybridized carbons (Fsp3) is 0.481. The van der Waals surface area contributed by atoms with Crippen LogP contribution in [0.1, 0.15) is 62.8 Å². The van der Waals surface area contributed by atoms with Crippen LogP contribution in [0.2, 0.25) is 0 Å². The Labute approximate surface area is 225 Å². The molecule has 3 heterocycles. The summed E-state index contributed by atoms with van der Waals surface area (Å²) in [6, 6.07) is 13.5. The van der Waals surface area contributed by atoms with Crippen molar-refractivity contribution in [3.05, 3.63) is 60.0 Å². The predicted octanol–water partition coefficient (Wildman–Crippen LogP) is 4.57. The van der Waals surface area contributed by atoms with E-state index in [1.807, 2.05) is 38.1 Å². The second-order valence-corrected chi connectivity index (χ2v) is 14.0. The van der Waals surface area contributed by atoms with E-state index in [1.165, 1.54) is 28.6 Å². The Hall–Kier alpha value is -2.60. The van der Waals surface area contributed by atoms with Gasteiger partial charge in [0, 0.05) is 37.2 Å². The molecule has 2 aliphatic rings. The first-order valence-corrected chi connectivity index (χ1v) is 16.1. The van der Waals surface area contributed by atoms with Crippen LogP contribution in [0.4, 0.5) is 0 Å². The molecule has 204 valence electrons. The van der Waals surface area contributed by atoms with Crippen molar-refractivity contribution < 1.29 is 21.3 Å². The van der Waals surface area contributed by atoms with Crippen LogP contribution in [0.5, 0.6) is 0 Å². The topological polar surface area (TPSA) is 114 Å². The molecule has 0 radical (unpaired) electrons. The van der Waals surface area contributed by atoms with Crippen molar-refractivity contribution in [1.82, 2.24) is 18.8 Å². The van der Waals surface area contributed by atoms with E-state index in [1.54, 1.807) is 4.31 Å². The van der Waals surface area contributed by atoms with E-state index in [0.29, 0.717) is 44.3 Å². The summed E-state index contributed by atoms with van der Waals surface area (Å²) in [5.74, 6) is 0.965. The number of aryl methyl sites for hydroxylation is 1. The summed E-state index contributed by atoms with van der Waals surface area (Å²) < 4.78 is 62.1. The Morgan fingerprint density at radius 2 is 1.45 bits per heavy atom. The van der Waals surface area contributed by atoms with E-state index >= 15 is 0 Å². The molecule has 0 spiro atoms. The summed E-state index contributed by atoms with van der Waals surface area (Å²) >= 11 is 0. The summed E-state index contributed by atoms with van der Waals surface area (Å²) in [5.41, 5.74) is 2.00. The largest absolute Gasteiger partial charge is 0.420 e. The quantitative estimate of drug-likeness (QED) is 0.417. The van der Waals surface area contributed by atoms with Crippen molar-refractivity contribution >= 4 is 20.0 Å². The third kappa shape index (κ3) is 5.29. The zero-order valence-corrected chi connectivity index (χ0v) is 23.4. The van der Waals surface area contributed by atoms with Crippen LogP contribution in [0.3, 0.4) is 0 Å². The van der Waals surface area contributed by atoms with Gasteiger partial charge in [0.05, 0.1) is 9.79 Å². The molecule has 0 saturated carbocycles. The molecular formula is C27H34N4O5S2. The van der Waals surface area contributed by atoms with Crippen molar-refractivity contribution in [1.29, 1.82) is 0 Å². The minimum absolute atomic E-state index is 0.00900. The predicted molar refractivity (Wildman–Crippen MR) is 143 cm³/mol. The van der Waals surface area contributed by atoms with Crippen LogP contribution < -0.4 is 0 Å². The molecule has 3 aromatic rings. The molecule has 1 atom stereocenters. The molecule has 2 fully saturated rings. The smallest absolute Gasteiger partial charge is 0.247 e. The number of benzene rings is 2. The number of nitrogens with zero attached hydrogens (tertiary/aromatic N) is 4. The maximum atomic E-state index is 13.3. The fourth-order valence-electron chi connectivity index (χ4n) is 5.32. The SMILES string of the molecule is CC[C@@H]1CCCCN1S(=O)(=O)c1ccc(S(=O)(=O)N2CCC(c3nnc(-c4ccc(C)cc4)o3)CC2)cc1. The minimum Gasteiger partial charge on any atom is -0.420 e. The minimum atomic E-state index is -3.75. The number of sulfonamides is 2. The van der Waals surface area contributed by atoms with E-state index in [4.69, 9.17) is 4.42 Å². The maximum Gasteiger partial charge on any atom is 0.247 e. The Morgan fingerprint density at radius 1 is 0.816 bits per heavy atom. The summed E-state index contributed by atoms with van der Waals surface area (Å²) in [6.07, 6.45) is 4.62. The van der Waals surface area contributed by atoms with Gasteiger partial charge in [-0.15, -0.1) is 10.2 Å². The molecule has 2 aliphatic heterocycles. The highest BCUT2D eigenvalue weighted by Gasteiger charge is 2.34. The molecule has 0 N–H and O–H groups in total. The van der Waals surface area contributed by atoms with Crippen LogP contribution in [0, 0.1) is 6.92 Å². The van der Waals surface area contributed by atoms with Gasteiger partial charge in [-0.25, -0.2) is 16.8 Å². The molecule has 11 heteroatoms. The molecule has 2 aromatic carbocycles. The lowest BCUT2D eigenvalue weighted by Crippen LogP contribution is -2.43. The second kappa shape index (κ2) is 10.9. The average Bonchev–Trinajstić information content (AvgIpc) is 3.44. The average molecular weight is 559 g/mol. The van der Waals surface area contributed by atoms with Gasteiger partial charge in [0.25, 0.3) is 0 Å². The van der Waals surface area contributed by atoms with E-state index in [-0.39, 0.29) is 21.8 Å². The zero-order chi connectivity index (χ0) is 26.9.